The van der Waals surface area contributed by atoms with Crippen molar-refractivity contribution in [3.63, 3.8) is 0 Å². The Hall–Kier alpha value is -1.55. The predicted molar refractivity (Wildman–Crippen MR) is 68.5 cm³/mol. The zero-order chi connectivity index (χ0) is 13.1. The van der Waals surface area contributed by atoms with Crippen LogP contribution in [-0.2, 0) is 17.6 Å². The number of benzene rings is 1. The number of phenols is 1. The van der Waals surface area contributed by atoms with Gasteiger partial charge in [0.15, 0.2) is 0 Å². The Kier molecular flexibility index (Phi) is 3.87. The number of aliphatic carboxylic acids is 1. The molecule has 0 fully saturated rings. The second-order valence-corrected chi connectivity index (χ2v) is 4.90. The van der Waals surface area contributed by atoms with E-state index in [1.54, 1.807) is 6.07 Å². The highest BCUT2D eigenvalue weighted by Crippen LogP contribution is 2.34. The SMILES string of the molecule is NC(CC(=O)O)c1c(O)ccc2c1CCCCC2. The molecule has 0 spiro atoms. The fourth-order valence-corrected chi connectivity index (χ4v) is 2.72. The molecule has 0 radical (unpaired) electrons. The average Bonchev–Trinajstić information content (AvgIpc) is 2.52. The standard InChI is InChI=1S/C14H19NO3/c15-11(8-13(17)18)14-10-5-3-1-2-4-9(10)6-7-12(14)16/h6-7,11,16H,1-5,8,15H2,(H,17,18). The Balaban J connectivity index is 2.41. The van der Waals surface area contributed by atoms with E-state index in [0.29, 0.717) is 5.56 Å². The molecule has 0 aromatic heterocycles. The van der Waals surface area contributed by atoms with Gasteiger partial charge >= 0.3 is 5.97 Å². The molecular weight excluding hydrogens is 230 g/mol. The van der Waals surface area contributed by atoms with Gasteiger partial charge in [-0.15, -0.1) is 0 Å². The highest BCUT2D eigenvalue weighted by atomic mass is 16.4. The number of carbonyl (C=O) groups is 1. The Morgan fingerprint density at radius 3 is 2.72 bits per heavy atom. The van der Waals surface area contributed by atoms with Crippen LogP contribution in [0, 0.1) is 0 Å². The topological polar surface area (TPSA) is 83.6 Å². The van der Waals surface area contributed by atoms with Gasteiger partial charge < -0.3 is 15.9 Å². The molecule has 0 aliphatic heterocycles. The van der Waals surface area contributed by atoms with Gasteiger partial charge in [0, 0.05) is 11.6 Å². The normalized spacial score (nSPS) is 16.7. The first-order chi connectivity index (χ1) is 8.59. The summed E-state index contributed by atoms with van der Waals surface area (Å²) >= 11 is 0. The molecule has 18 heavy (non-hydrogen) atoms. The summed E-state index contributed by atoms with van der Waals surface area (Å²) in [6.07, 6.45) is 5.11. The number of aromatic hydroxyl groups is 1. The fourth-order valence-electron chi connectivity index (χ4n) is 2.72. The van der Waals surface area contributed by atoms with E-state index < -0.39 is 12.0 Å². The third kappa shape index (κ3) is 2.64. The molecule has 4 heteroatoms. The van der Waals surface area contributed by atoms with E-state index in [9.17, 15) is 9.90 Å². The third-order valence-electron chi connectivity index (χ3n) is 3.57. The van der Waals surface area contributed by atoms with E-state index in [2.05, 4.69) is 0 Å². The highest BCUT2D eigenvalue weighted by Gasteiger charge is 2.21. The van der Waals surface area contributed by atoms with Crippen LogP contribution in [-0.4, -0.2) is 16.2 Å². The second kappa shape index (κ2) is 5.40. The van der Waals surface area contributed by atoms with Gasteiger partial charge in [-0.05, 0) is 42.9 Å². The van der Waals surface area contributed by atoms with E-state index in [0.717, 1.165) is 31.2 Å². The van der Waals surface area contributed by atoms with Crippen LogP contribution >= 0.6 is 0 Å². The fraction of sp³-hybridized carbons (Fsp3) is 0.500. The van der Waals surface area contributed by atoms with Crippen molar-refractivity contribution in [1.29, 1.82) is 0 Å². The van der Waals surface area contributed by atoms with E-state index in [1.807, 2.05) is 6.07 Å². The minimum Gasteiger partial charge on any atom is -0.508 e. The molecule has 1 unspecified atom stereocenters. The van der Waals surface area contributed by atoms with Gasteiger partial charge in [-0.1, -0.05) is 12.5 Å². The monoisotopic (exact) mass is 249 g/mol. The molecule has 2 rings (SSSR count). The first-order valence-corrected chi connectivity index (χ1v) is 6.40. The van der Waals surface area contributed by atoms with Crippen LogP contribution in [0.15, 0.2) is 12.1 Å². The molecule has 0 saturated carbocycles. The summed E-state index contributed by atoms with van der Waals surface area (Å²) in [4.78, 5) is 10.8. The molecular formula is C14H19NO3. The zero-order valence-corrected chi connectivity index (χ0v) is 10.4. The maximum atomic E-state index is 10.8. The number of aryl methyl sites for hydroxylation is 1. The van der Waals surface area contributed by atoms with E-state index in [4.69, 9.17) is 10.8 Å². The molecule has 0 amide bonds. The highest BCUT2D eigenvalue weighted by molar-refractivity contribution is 5.68. The predicted octanol–water partition coefficient (Wildman–Crippen LogP) is 2.14. The summed E-state index contributed by atoms with van der Waals surface area (Å²) < 4.78 is 0. The van der Waals surface area contributed by atoms with Crippen molar-refractivity contribution < 1.29 is 15.0 Å². The minimum absolute atomic E-state index is 0.129. The molecule has 1 aliphatic carbocycles. The van der Waals surface area contributed by atoms with Gasteiger partial charge in [0.2, 0.25) is 0 Å². The van der Waals surface area contributed by atoms with Crippen molar-refractivity contribution in [2.24, 2.45) is 5.73 Å². The van der Waals surface area contributed by atoms with Crippen LogP contribution in [0.4, 0.5) is 0 Å². The Morgan fingerprint density at radius 2 is 2.00 bits per heavy atom. The van der Waals surface area contributed by atoms with Crippen molar-refractivity contribution in [1.82, 2.24) is 0 Å². The van der Waals surface area contributed by atoms with E-state index in [1.165, 1.54) is 12.0 Å². The van der Waals surface area contributed by atoms with Crippen LogP contribution in [0.1, 0.15) is 48.4 Å². The lowest BCUT2D eigenvalue weighted by Crippen LogP contribution is -2.17. The Morgan fingerprint density at radius 1 is 1.28 bits per heavy atom. The molecule has 1 aliphatic rings. The summed E-state index contributed by atoms with van der Waals surface area (Å²) in [7, 11) is 0. The van der Waals surface area contributed by atoms with Crippen molar-refractivity contribution in [2.75, 3.05) is 0 Å². The van der Waals surface area contributed by atoms with E-state index in [-0.39, 0.29) is 12.2 Å². The lowest BCUT2D eigenvalue weighted by atomic mass is 9.91. The maximum Gasteiger partial charge on any atom is 0.305 e. The minimum atomic E-state index is -0.937. The van der Waals surface area contributed by atoms with Crippen LogP contribution in [0.5, 0.6) is 5.75 Å². The number of fused-ring (bicyclic) bond motifs is 1. The van der Waals surface area contributed by atoms with Crippen molar-refractivity contribution in [2.45, 2.75) is 44.6 Å². The van der Waals surface area contributed by atoms with Crippen LogP contribution in [0.2, 0.25) is 0 Å². The molecule has 0 saturated heterocycles. The smallest absolute Gasteiger partial charge is 0.305 e. The molecule has 1 aromatic carbocycles. The van der Waals surface area contributed by atoms with Gasteiger partial charge in [0.25, 0.3) is 0 Å². The van der Waals surface area contributed by atoms with Gasteiger partial charge in [0.1, 0.15) is 5.75 Å². The zero-order valence-electron chi connectivity index (χ0n) is 10.4. The average molecular weight is 249 g/mol. The van der Waals surface area contributed by atoms with Crippen molar-refractivity contribution in [3.05, 3.63) is 28.8 Å². The largest absolute Gasteiger partial charge is 0.508 e. The lowest BCUT2D eigenvalue weighted by molar-refractivity contribution is -0.137. The van der Waals surface area contributed by atoms with Crippen molar-refractivity contribution in [3.8, 4) is 5.75 Å². The van der Waals surface area contributed by atoms with Gasteiger partial charge in [-0.3, -0.25) is 4.79 Å². The number of phenolic OH excluding ortho intramolecular Hbond substituents is 1. The number of hydrogen-bond donors (Lipinski definition) is 3. The molecule has 0 heterocycles. The van der Waals surface area contributed by atoms with Gasteiger partial charge in [-0.2, -0.15) is 0 Å². The second-order valence-electron chi connectivity index (χ2n) is 4.90. The first-order valence-electron chi connectivity index (χ1n) is 6.40. The molecule has 1 aromatic rings. The van der Waals surface area contributed by atoms with E-state index >= 15 is 0 Å². The summed E-state index contributed by atoms with van der Waals surface area (Å²) in [5.74, 6) is -0.808. The number of hydrogen-bond acceptors (Lipinski definition) is 3. The Bertz CT molecular complexity index is 457. The number of carboxylic acid groups (broad SMARTS) is 1. The first kappa shape index (κ1) is 12.9. The van der Waals surface area contributed by atoms with Crippen LogP contribution < -0.4 is 5.73 Å². The number of rotatable bonds is 3. The summed E-state index contributed by atoms with van der Waals surface area (Å²) in [6, 6.07) is 2.95. The van der Waals surface area contributed by atoms with Gasteiger partial charge in [0.05, 0.1) is 6.42 Å². The van der Waals surface area contributed by atoms with Crippen LogP contribution in [0.25, 0.3) is 0 Å². The molecule has 98 valence electrons. The van der Waals surface area contributed by atoms with Crippen molar-refractivity contribution >= 4 is 5.97 Å². The summed E-state index contributed by atoms with van der Waals surface area (Å²) in [5.41, 5.74) is 8.85. The molecule has 0 bridgehead atoms. The molecule has 1 atom stereocenters. The van der Waals surface area contributed by atoms with Crippen LogP contribution in [0.3, 0.4) is 0 Å². The third-order valence-corrected chi connectivity index (χ3v) is 3.57. The number of nitrogens with two attached hydrogens (primary N) is 1. The molecule has 4 N–H and O–H groups in total. The quantitative estimate of drug-likeness (QED) is 0.716. The summed E-state index contributed by atoms with van der Waals surface area (Å²) in [5, 5.41) is 18.8. The number of carboxylic acids is 1. The maximum absolute atomic E-state index is 10.8. The van der Waals surface area contributed by atoms with Gasteiger partial charge in [-0.25, -0.2) is 0 Å². The molecule has 4 nitrogen and oxygen atoms in total. The lowest BCUT2D eigenvalue weighted by Gasteiger charge is -2.18. The summed E-state index contributed by atoms with van der Waals surface area (Å²) in [6.45, 7) is 0. The Labute approximate surface area is 106 Å².